The van der Waals surface area contributed by atoms with E-state index in [-0.39, 0.29) is 4.90 Å². The van der Waals surface area contributed by atoms with Crippen molar-refractivity contribution < 1.29 is 13.2 Å². The minimum atomic E-state index is -4.09. The third-order valence-electron chi connectivity index (χ3n) is 6.43. The summed E-state index contributed by atoms with van der Waals surface area (Å²) >= 11 is 18.6. The van der Waals surface area contributed by atoms with Gasteiger partial charge in [0, 0.05) is 27.7 Å². The highest BCUT2D eigenvalue weighted by molar-refractivity contribution is 7.92. The lowest BCUT2D eigenvalue weighted by atomic mass is 10.2. The van der Waals surface area contributed by atoms with Crippen LogP contribution in [0, 0.1) is 27.7 Å². The van der Waals surface area contributed by atoms with Crippen molar-refractivity contribution in [3.05, 3.63) is 110 Å². The van der Waals surface area contributed by atoms with Crippen LogP contribution in [0.4, 0.5) is 5.69 Å². The van der Waals surface area contributed by atoms with Gasteiger partial charge < -0.3 is 4.57 Å². The highest BCUT2D eigenvalue weighted by Gasteiger charge is 2.28. The lowest BCUT2D eigenvalue weighted by Crippen LogP contribution is -2.40. The van der Waals surface area contributed by atoms with Gasteiger partial charge in [0.05, 0.1) is 26.8 Å². The van der Waals surface area contributed by atoms with Gasteiger partial charge in [0.2, 0.25) is 0 Å². The number of hydrogen-bond acceptors (Lipinski definition) is 4. The number of nitrogens with one attached hydrogen (secondary N) is 1. The molecule has 1 N–H and O–H groups in total. The number of nitrogens with zero attached hydrogens (tertiary/aromatic N) is 3. The maximum atomic E-state index is 13.6. The molecule has 1 aromatic heterocycles. The highest BCUT2D eigenvalue weighted by atomic mass is 35.5. The fourth-order valence-corrected chi connectivity index (χ4v) is 6.22. The first-order valence-corrected chi connectivity index (χ1v) is 14.8. The fraction of sp³-hybridized carbons (Fsp3) is 0.172. The van der Waals surface area contributed by atoms with E-state index in [0.29, 0.717) is 26.3 Å². The summed E-state index contributed by atoms with van der Waals surface area (Å²) in [4.78, 5) is 13.1. The van der Waals surface area contributed by atoms with Crippen LogP contribution < -0.4 is 9.73 Å². The lowest BCUT2D eigenvalue weighted by molar-refractivity contribution is -0.119. The summed E-state index contributed by atoms with van der Waals surface area (Å²) in [6.45, 7) is 6.91. The molecule has 7 nitrogen and oxygen atoms in total. The zero-order valence-corrected chi connectivity index (χ0v) is 25.3. The van der Waals surface area contributed by atoms with Crippen LogP contribution in [-0.4, -0.2) is 31.7 Å². The van der Waals surface area contributed by atoms with E-state index in [2.05, 4.69) is 10.5 Å². The summed E-state index contributed by atoms with van der Waals surface area (Å²) < 4.78 is 30.3. The molecule has 0 unspecified atom stereocenters. The van der Waals surface area contributed by atoms with Gasteiger partial charge in [-0.1, -0.05) is 58.6 Å². The molecular weight excluding hydrogens is 591 g/mol. The van der Waals surface area contributed by atoms with Crippen LogP contribution in [0.5, 0.6) is 0 Å². The average molecular weight is 618 g/mol. The van der Waals surface area contributed by atoms with Crippen molar-refractivity contribution in [2.45, 2.75) is 32.6 Å². The third-order valence-corrected chi connectivity index (χ3v) is 9.35. The third kappa shape index (κ3) is 6.20. The summed E-state index contributed by atoms with van der Waals surface area (Å²) in [5.74, 6) is -0.621. The van der Waals surface area contributed by atoms with E-state index in [1.807, 2.05) is 37.5 Å². The van der Waals surface area contributed by atoms with Gasteiger partial charge in [-0.05, 0) is 81.8 Å². The summed E-state index contributed by atoms with van der Waals surface area (Å²) in [5.41, 5.74) is 7.59. The standard InChI is InChI=1S/C29H27Cl3N4O3S/c1-18-8-11-24(12-9-18)40(38,39)35(28-7-5-6-25(30)20(28)3)17-29(37)34-33-16-22-14-19(2)36(21(22)4)23-10-13-26(31)27(32)15-23/h5-16H,17H2,1-4H3,(H,34,37)/b33-16-. The van der Waals surface area contributed by atoms with E-state index < -0.39 is 22.5 Å². The number of benzene rings is 3. The van der Waals surface area contributed by atoms with Crippen molar-refractivity contribution in [3.63, 3.8) is 0 Å². The zero-order valence-electron chi connectivity index (χ0n) is 22.2. The number of halogens is 3. The number of carbonyl (C=O) groups excluding carboxylic acids is 1. The summed E-state index contributed by atoms with van der Waals surface area (Å²) in [6.07, 6.45) is 1.51. The zero-order chi connectivity index (χ0) is 29.2. The molecule has 0 saturated heterocycles. The summed E-state index contributed by atoms with van der Waals surface area (Å²) in [7, 11) is -4.09. The van der Waals surface area contributed by atoms with Gasteiger partial charge >= 0.3 is 0 Å². The lowest BCUT2D eigenvalue weighted by Gasteiger charge is -2.25. The Morgan fingerprint density at radius 2 is 1.62 bits per heavy atom. The van der Waals surface area contributed by atoms with Crippen LogP contribution >= 0.6 is 34.8 Å². The van der Waals surface area contributed by atoms with E-state index in [1.54, 1.807) is 49.4 Å². The second-order valence-corrected chi connectivity index (χ2v) is 12.3. The number of hydrogen-bond donors (Lipinski definition) is 1. The Balaban J connectivity index is 1.58. The monoisotopic (exact) mass is 616 g/mol. The number of hydrazone groups is 1. The molecule has 0 fully saturated rings. The average Bonchev–Trinajstić information content (AvgIpc) is 3.19. The molecule has 0 aliphatic rings. The Labute approximate surface area is 249 Å². The SMILES string of the molecule is Cc1ccc(S(=O)(=O)N(CC(=O)N/N=C\c2cc(C)n(-c3ccc(Cl)c(Cl)c3)c2C)c2cccc(Cl)c2C)cc1. The molecule has 1 amide bonds. The normalized spacial score (nSPS) is 11.7. The van der Waals surface area contributed by atoms with E-state index in [0.717, 1.165) is 32.5 Å². The number of rotatable bonds is 8. The van der Waals surface area contributed by atoms with E-state index in [4.69, 9.17) is 34.8 Å². The van der Waals surface area contributed by atoms with Crippen molar-refractivity contribution in [1.29, 1.82) is 0 Å². The predicted molar refractivity (Wildman–Crippen MR) is 163 cm³/mol. The number of aryl methyl sites for hydroxylation is 2. The van der Waals surface area contributed by atoms with Crippen LogP contribution in [0.2, 0.25) is 15.1 Å². The number of aromatic nitrogens is 1. The van der Waals surface area contributed by atoms with Gasteiger partial charge in [-0.15, -0.1) is 0 Å². The summed E-state index contributed by atoms with van der Waals surface area (Å²) in [6, 6.07) is 18.6. The Hall–Kier alpha value is -3.30. The highest BCUT2D eigenvalue weighted by Crippen LogP contribution is 2.31. The van der Waals surface area contributed by atoms with E-state index in [9.17, 15) is 13.2 Å². The van der Waals surface area contributed by atoms with Crippen LogP contribution in [0.3, 0.4) is 0 Å². The van der Waals surface area contributed by atoms with Gasteiger partial charge in [0.1, 0.15) is 6.54 Å². The maximum Gasteiger partial charge on any atom is 0.264 e. The summed E-state index contributed by atoms with van der Waals surface area (Å²) in [5, 5.41) is 5.39. The molecule has 0 aliphatic carbocycles. The van der Waals surface area contributed by atoms with Crippen molar-refractivity contribution >= 4 is 62.6 Å². The van der Waals surface area contributed by atoms with Crippen LogP contribution in [0.25, 0.3) is 5.69 Å². The second-order valence-electron chi connectivity index (χ2n) is 9.26. The van der Waals surface area contributed by atoms with Crippen molar-refractivity contribution in [2.24, 2.45) is 5.10 Å². The molecular formula is C29H27Cl3N4O3S. The molecule has 0 atom stereocenters. The van der Waals surface area contributed by atoms with Gasteiger partial charge in [-0.25, -0.2) is 13.8 Å². The van der Waals surface area contributed by atoms with Crippen molar-refractivity contribution in [3.8, 4) is 5.69 Å². The minimum absolute atomic E-state index is 0.0588. The molecule has 0 aliphatic heterocycles. The molecule has 208 valence electrons. The van der Waals surface area contributed by atoms with Gasteiger partial charge in [-0.2, -0.15) is 5.10 Å². The predicted octanol–water partition coefficient (Wildman–Crippen LogP) is 7.02. The van der Waals surface area contributed by atoms with Crippen molar-refractivity contribution in [1.82, 2.24) is 9.99 Å². The van der Waals surface area contributed by atoms with Gasteiger partial charge in [0.15, 0.2) is 0 Å². The Morgan fingerprint density at radius 3 is 2.30 bits per heavy atom. The molecule has 0 radical (unpaired) electrons. The van der Waals surface area contributed by atoms with Crippen LogP contribution in [0.1, 0.15) is 28.1 Å². The molecule has 0 saturated carbocycles. The van der Waals surface area contributed by atoms with E-state index in [1.165, 1.54) is 18.3 Å². The molecule has 11 heteroatoms. The topological polar surface area (TPSA) is 83.8 Å². The molecule has 40 heavy (non-hydrogen) atoms. The molecule has 1 heterocycles. The maximum absolute atomic E-state index is 13.6. The first-order chi connectivity index (χ1) is 18.9. The first kappa shape index (κ1) is 29.7. The Bertz CT molecular complexity index is 1720. The molecule has 0 spiro atoms. The van der Waals surface area contributed by atoms with Crippen molar-refractivity contribution in [2.75, 3.05) is 10.8 Å². The minimum Gasteiger partial charge on any atom is -0.318 e. The largest absolute Gasteiger partial charge is 0.318 e. The fourth-order valence-electron chi connectivity index (χ4n) is 4.28. The quantitative estimate of drug-likeness (QED) is 0.170. The molecule has 3 aromatic carbocycles. The van der Waals surface area contributed by atoms with Crippen LogP contribution in [-0.2, 0) is 14.8 Å². The first-order valence-electron chi connectivity index (χ1n) is 12.2. The van der Waals surface area contributed by atoms with Gasteiger partial charge in [0.25, 0.3) is 15.9 Å². The number of anilines is 1. The smallest absolute Gasteiger partial charge is 0.264 e. The number of carbonyl (C=O) groups is 1. The molecule has 4 aromatic rings. The van der Waals surface area contributed by atoms with E-state index >= 15 is 0 Å². The number of sulfonamides is 1. The van der Waals surface area contributed by atoms with Gasteiger partial charge in [-0.3, -0.25) is 9.10 Å². The second kappa shape index (κ2) is 12.1. The molecule has 0 bridgehead atoms. The number of amides is 1. The Morgan fingerprint density at radius 1 is 0.925 bits per heavy atom. The van der Waals surface area contributed by atoms with Crippen LogP contribution in [0.15, 0.2) is 76.7 Å². The molecule has 4 rings (SSSR count). The Kier molecular flexibility index (Phi) is 8.95.